The van der Waals surface area contributed by atoms with Crippen molar-refractivity contribution in [3.05, 3.63) is 95.7 Å². The van der Waals surface area contributed by atoms with E-state index in [4.69, 9.17) is 9.51 Å². The normalized spacial score (nSPS) is 11.5. The lowest BCUT2D eigenvalue weighted by molar-refractivity contribution is 0.393. The van der Waals surface area contributed by atoms with Gasteiger partial charge < -0.3 is 9.09 Å². The van der Waals surface area contributed by atoms with Gasteiger partial charge in [0, 0.05) is 18.0 Å². The molecule has 0 saturated heterocycles. The second-order valence-corrected chi connectivity index (χ2v) is 7.34. The molecule has 0 radical (unpaired) electrons. The number of benzene rings is 1. The van der Waals surface area contributed by atoms with Gasteiger partial charge in [-0.2, -0.15) is 0 Å². The van der Waals surface area contributed by atoms with Gasteiger partial charge in [0.2, 0.25) is 0 Å². The van der Waals surface area contributed by atoms with Gasteiger partial charge in [-0.1, -0.05) is 23.4 Å². The van der Waals surface area contributed by atoms with E-state index in [-0.39, 0.29) is 6.04 Å². The van der Waals surface area contributed by atoms with E-state index >= 15 is 0 Å². The van der Waals surface area contributed by atoms with Crippen LogP contribution in [0.3, 0.4) is 0 Å². The Labute approximate surface area is 174 Å². The van der Waals surface area contributed by atoms with Gasteiger partial charge in [0.1, 0.15) is 17.6 Å². The van der Waals surface area contributed by atoms with Crippen LogP contribution < -0.4 is 0 Å². The van der Waals surface area contributed by atoms with Crippen LogP contribution in [0.5, 0.6) is 0 Å². The summed E-state index contributed by atoms with van der Waals surface area (Å²) < 4.78 is 7.60. The predicted molar refractivity (Wildman–Crippen MR) is 115 cm³/mol. The SMILES string of the molecule is Cc1noc(C)c1-c1ccc2nc(C)n(C(c3ccccn3)c3ccccn3)c2c1. The van der Waals surface area contributed by atoms with Gasteiger partial charge in [0.25, 0.3) is 0 Å². The molecule has 148 valence electrons. The first-order valence-corrected chi connectivity index (χ1v) is 9.87. The summed E-state index contributed by atoms with van der Waals surface area (Å²) in [4.78, 5) is 14.1. The smallest absolute Gasteiger partial charge is 0.141 e. The molecule has 0 fully saturated rings. The van der Waals surface area contributed by atoms with E-state index in [2.05, 4.69) is 31.8 Å². The Morgan fingerprint density at radius 1 is 0.867 bits per heavy atom. The molecule has 0 aliphatic carbocycles. The summed E-state index contributed by atoms with van der Waals surface area (Å²) in [5, 5.41) is 4.11. The lowest BCUT2D eigenvalue weighted by Gasteiger charge is -2.20. The van der Waals surface area contributed by atoms with Crippen LogP contribution >= 0.6 is 0 Å². The highest BCUT2D eigenvalue weighted by Crippen LogP contribution is 2.34. The molecule has 0 spiro atoms. The maximum absolute atomic E-state index is 5.39. The number of hydrogen-bond donors (Lipinski definition) is 0. The van der Waals surface area contributed by atoms with Crippen LogP contribution in [0.15, 0.2) is 71.5 Å². The van der Waals surface area contributed by atoms with Crippen molar-refractivity contribution in [2.75, 3.05) is 0 Å². The lowest BCUT2D eigenvalue weighted by atomic mass is 10.0. The number of nitrogens with zero attached hydrogens (tertiary/aromatic N) is 5. The third-order valence-corrected chi connectivity index (χ3v) is 5.38. The van der Waals surface area contributed by atoms with Crippen LogP contribution in [0, 0.1) is 20.8 Å². The van der Waals surface area contributed by atoms with E-state index in [9.17, 15) is 0 Å². The molecule has 4 heterocycles. The Balaban J connectivity index is 1.77. The lowest BCUT2D eigenvalue weighted by Crippen LogP contribution is -2.16. The molecule has 1 aromatic carbocycles. The molecule has 0 amide bonds. The van der Waals surface area contributed by atoms with Gasteiger partial charge in [0.15, 0.2) is 0 Å². The third-order valence-electron chi connectivity index (χ3n) is 5.38. The first-order valence-electron chi connectivity index (χ1n) is 9.87. The molecule has 5 rings (SSSR count). The zero-order valence-electron chi connectivity index (χ0n) is 17.1. The molecule has 6 nitrogen and oxygen atoms in total. The molecule has 30 heavy (non-hydrogen) atoms. The van der Waals surface area contributed by atoms with E-state index in [1.54, 1.807) is 0 Å². The first-order chi connectivity index (χ1) is 14.6. The third kappa shape index (κ3) is 2.97. The number of aryl methyl sites for hydroxylation is 3. The minimum absolute atomic E-state index is 0.183. The molecule has 0 aliphatic heterocycles. The van der Waals surface area contributed by atoms with Gasteiger partial charge in [0.05, 0.1) is 28.1 Å². The predicted octanol–water partition coefficient (Wildman–Crippen LogP) is 5.04. The molecule has 0 N–H and O–H groups in total. The maximum atomic E-state index is 5.39. The molecule has 4 aromatic heterocycles. The molecule has 0 unspecified atom stereocenters. The number of aromatic nitrogens is 5. The van der Waals surface area contributed by atoms with E-state index in [1.165, 1.54) is 0 Å². The first kappa shape index (κ1) is 18.2. The Bertz CT molecular complexity index is 1260. The fourth-order valence-corrected chi connectivity index (χ4v) is 4.08. The molecule has 0 saturated carbocycles. The summed E-state index contributed by atoms with van der Waals surface area (Å²) in [6.07, 6.45) is 3.63. The number of rotatable bonds is 4. The highest BCUT2D eigenvalue weighted by atomic mass is 16.5. The summed E-state index contributed by atoms with van der Waals surface area (Å²) in [6, 6.07) is 18.0. The second kappa shape index (κ2) is 7.22. The Hall–Kier alpha value is -3.80. The van der Waals surface area contributed by atoms with Crippen LogP contribution in [0.4, 0.5) is 0 Å². The highest BCUT2D eigenvalue weighted by Gasteiger charge is 2.24. The number of pyridine rings is 2. The van der Waals surface area contributed by atoms with E-state index in [0.29, 0.717) is 0 Å². The van der Waals surface area contributed by atoms with Crippen molar-refractivity contribution in [2.24, 2.45) is 0 Å². The zero-order valence-corrected chi connectivity index (χ0v) is 17.1. The van der Waals surface area contributed by atoms with Crippen LogP contribution in [-0.2, 0) is 0 Å². The van der Waals surface area contributed by atoms with E-state index in [1.807, 2.05) is 75.6 Å². The fourth-order valence-electron chi connectivity index (χ4n) is 4.08. The minimum Gasteiger partial charge on any atom is -0.361 e. The molecular formula is C24H21N5O. The standard InChI is InChI=1S/C24H21N5O/c1-15-23(16(2)30-28-15)18-10-11-19-22(14-18)29(17(3)27-19)24(20-8-4-6-12-25-20)21-9-5-7-13-26-21/h4-14,24H,1-3H3. The van der Waals surface area contributed by atoms with E-state index < -0.39 is 0 Å². The number of imidazole rings is 1. The summed E-state index contributed by atoms with van der Waals surface area (Å²) in [5.41, 5.74) is 6.74. The minimum atomic E-state index is -0.183. The van der Waals surface area contributed by atoms with Crippen molar-refractivity contribution in [1.82, 2.24) is 24.7 Å². The fraction of sp³-hybridized carbons (Fsp3) is 0.167. The van der Waals surface area contributed by atoms with Gasteiger partial charge in [-0.15, -0.1) is 0 Å². The summed E-state index contributed by atoms with van der Waals surface area (Å²) in [5.74, 6) is 1.71. The number of hydrogen-bond acceptors (Lipinski definition) is 5. The van der Waals surface area contributed by atoms with Crippen molar-refractivity contribution in [2.45, 2.75) is 26.8 Å². The van der Waals surface area contributed by atoms with Crippen molar-refractivity contribution < 1.29 is 4.52 Å². The second-order valence-electron chi connectivity index (χ2n) is 7.34. The Kier molecular flexibility index (Phi) is 4.39. The van der Waals surface area contributed by atoms with Crippen molar-refractivity contribution >= 4 is 11.0 Å². The molecule has 6 heteroatoms. The van der Waals surface area contributed by atoms with Crippen LogP contribution in [0.2, 0.25) is 0 Å². The van der Waals surface area contributed by atoms with Gasteiger partial charge in [-0.05, 0) is 62.7 Å². The summed E-state index contributed by atoms with van der Waals surface area (Å²) in [7, 11) is 0. The molecule has 0 atom stereocenters. The van der Waals surface area contributed by atoms with Crippen LogP contribution in [0.25, 0.3) is 22.2 Å². The highest BCUT2D eigenvalue weighted by molar-refractivity contribution is 5.84. The van der Waals surface area contributed by atoms with Crippen molar-refractivity contribution in [1.29, 1.82) is 0 Å². The van der Waals surface area contributed by atoms with Gasteiger partial charge in [-0.3, -0.25) is 9.97 Å². The van der Waals surface area contributed by atoms with Gasteiger partial charge in [-0.25, -0.2) is 4.98 Å². The van der Waals surface area contributed by atoms with Crippen LogP contribution in [0.1, 0.15) is 34.7 Å². The molecule has 0 bridgehead atoms. The molecule has 5 aromatic rings. The van der Waals surface area contributed by atoms with Gasteiger partial charge >= 0.3 is 0 Å². The summed E-state index contributed by atoms with van der Waals surface area (Å²) >= 11 is 0. The average Bonchev–Trinajstić information content (AvgIpc) is 3.28. The monoisotopic (exact) mass is 395 g/mol. The maximum Gasteiger partial charge on any atom is 0.141 e. The van der Waals surface area contributed by atoms with Crippen molar-refractivity contribution in [3.63, 3.8) is 0 Å². The molecular weight excluding hydrogens is 374 g/mol. The van der Waals surface area contributed by atoms with Crippen molar-refractivity contribution in [3.8, 4) is 11.1 Å². The zero-order chi connectivity index (χ0) is 20.7. The number of fused-ring (bicyclic) bond motifs is 1. The van der Waals surface area contributed by atoms with Crippen LogP contribution in [-0.4, -0.2) is 24.7 Å². The Morgan fingerprint density at radius 2 is 1.57 bits per heavy atom. The largest absolute Gasteiger partial charge is 0.361 e. The quantitative estimate of drug-likeness (QED) is 0.426. The Morgan fingerprint density at radius 3 is 2.13 bits per heavy atom. The topological polar surface area (TPSA) is 69.6 Å². The molecule has 0 aliphatic rings. The summed E-state index contributed by atoms with van der Waals surface area (Å²) in [6.45, 7) is 5.92. The van der Waals surface area contributed by atoms with E-state index in [0.717, 1.165) is 50.8 Å². The average molecular weight is 395 g/mol.